The highest BCUT2D eigenvalue weighted by molar-refractivity contribution is 5.80. The SMILES string of the molecule is O=C1NC2CCC1CNC2. The summed E-state index contributed by atoms with van der Waals surface area (Å²) in [6.45, 7) is 1.84. The Labute approximate surface area is 60.2 Å². The Balaban J connectivity index is 2.15. The molecule has 10 heavy (non-hydrogen) atoms. The molecule has 2 atom stereocenters. The van der Waals surface area contributed by atoms with E-state index in [1.165, 1.54) is 0 Å². The Bertz CT molecular complexity index is 154. The molecular weight excluding hydrogens is 128 g/mol. The van der Waals surface area contributed by atoms with Gasteiger partial charge in [0.2, 0.25) is 5.91 Å². The minimum atomic E-state index is 0.249. The van der Waals surface area contributed by atoms with Crippen molar-refractivity contribution >= 4 is 5.91 Å². The number of amides is 1. The summed E-state index contributed by atoms with van der Waals surface area (Å²) in [6.07, 6.45) is 2.23. The maximum atomic E-state index is 11.1. The fourth-order valence-corrected chi connectivity index (χ4v) is 1.70. The minimum Gasteiger partial charge on any atom is -0.352 e. The third-order valence-electron chi connectivity index (χ3n) is 2.36. The third-order valence-corrected chi connectivity index (χ3v) is 2.36. The van der Waals surface area contributed by atoms with Gasteiger partial charge in [0, 0.05) is 19.1 Å². The van der Waals surface area contributed by atoms with E-state index < -0.39 is 0 Å². The molecule has 2 unspecified atom stereocenters. The molecule has 0 aromatic carbocycles. The van der Waals surface area contributed by atoms with Crippen molar-refractivity contribution in [3.63, 3.8) is 0 Å². The van der Waals surface area contributed by atoms with Crippen molar-refractivity contribution < 1.29 is 4.79 Å². The monoisotopic (exact) mass is 140 g/mol. The van der Waals surface area contributed by atoms with Crippen LogP contribution < -0.4 is 10.6 Å². The molecular formula is C7H12N2O. The second-order valence-electron chi connectivity index (χ2n) is 3.14. The van der Waals surface area contributed by atoms with Crippen LogP contribution >= 0.6 is 0 Å². The maximum absolute atomic E-state index is 11.1. The van der Waals surface area contributed by atoms with Crippen molar-refractivity contribution in [2.24, 2.45) is 5.92 Å². The molecule has 0 radical (unpaired) electrons. The summed E-state index contributed by atoms with van der Waals surface area (Å²) in [5.74, 6) is 0.500. The zero-order chi connectivity index (χ0) is 6.97. The highest BCUT2D eigenvalue weighted by atomic mass is 16.2. The molecule has 3 aliphatic heterocycles. The van der Waals surface area contributed by atoms with E-state index in [4.69, 9.17) is 0 Å². The Hall–Kier alpha value is -0.570. The van der Waals surface area contributed by atoms with Crippen molar-refractivity contribution in [2.45, 2.75) is 18.9 Å². The fraction of sp³-hybridized carbons (Fsp3) is 0.857. The molecule has 3 rings (SSSR count). The van der Waals surface area contributed by atoms with Crippen LogP contribution in [-0.2, 0) is 4.79 Å². The number of hydrogen-bond donors (Lipinski definition) is 2. The number of fused-ring (bicyclic) bond motifs is 4. The van der Waals surface area contributed by atoms with Crippen LogP contribution in [0.1, 0.15) is 12.8 Å². The van der Waals surface area contributed by atoms with E-state index in [0.29, 0.717) is 6.04 Å². The highest BCUT2D eigenvalue weighted by Gasteiger charge is 2.30. The lowest BCUT2D eigenvalue weighted by atomic mass is 9.96. The molecule has 3 heterocycles. The van der Waals surface area contributed by atoms with Crippen LogP contribution in [0.15, 0.2) is 0 Å². The second-order valence-corrected chi connectivity index (χ2v) is 3.14. The largest absolute Gasteiger partial charge is 0.352 e. The molecule has 1 amide bonds. The van der Waals surface area contributed by atoms with E-state index in [0.717, 1.165) is 25.9 Å². The van der Waals surface area contributed by atoms with Crippen molar-refractivity contribution in [3.8, 4) is 0 Å². The van der Waals surface area contributed by atoms with Crippen LogP contribution in [0.5, 0.6) is 0 Å². The molecule has 3 fully saturated rings. The zero-order valence-corrected chi connectivity index (χ0v) is 5.89. The number of rotatable bonds is 0. The summed E-state index contributed by atoms with van der Waals surface area (Å²) in [4.78, 5) is 11.1. The smallest absolute Gasteiger partial charge is 0.224 e. The summed E-state index contributed by atoms with van der Waals surface area (Å²) in [6, 6.07) is 0.409. The number of carbonyl (C=O) groups excluding carboxylic acids is 1. The quantitative estimate of drug-likeness (QED) is 0.475. The van der Waals surface area contributed by atoms with Crippen molar-refractivity contribution in [2.75, 3.05) is 13.1 Å². The number of nitrogens with one attached hydrogen (secondary N) is 2. The lowest BCUT2D eigenvalue weighted by Crippen LogP contribution is -2.43. The minimum absolute atomic E-state index is 0.249. The summed E-state index contributed by atoms with van der Waals surface area (Å²) >= 11 is 0. The van der Waals surface area contributed by atoms with Crippen molar-refractivity contribution in [1.29, 1.82) is 0 Å². The van der Waals surface area contributed by atoms with Gasteiger partial charge in [0.15, 0.2) is 0 Å². The summed E-state index contributed by atoms with van der Waals surface area (Å²) in [5.41, 5.74) is 0. The van der Waals surface area contributed by atoms with Crippen LogP contribution in [-0.4, -0.2) is 25.0 Å². The lowest BCUT2D eigenvalue weighted by molar-refractivity contribution is -0.126. The van der Waals surface area contributed by atoms with Crippen LogP contribution in [0, 0.1) is 5.92 Å². The van der Waals surface area contributed by atoms with Crippen LogP contribution in [0.25, 0.3) is 0 Å². The number of piperidine rings is 1. The molecule has 56 valence electrons. The first kappa shape index (κ1) is 6.16. The average Bonchev–Trinajstić information content (AvgIpc) is 2.20. The molecule has 0 aromatic heterocycles. The van der Waals surface area contributed by atoms with Gasteiger partial charge >= 0.3 is 0 Å². The van der Waals surface area contributed by atoms with E-state index in [-0.39, 0.29) is 11.8 Å². The number of hydrogen-bond acceptors (Lipinski definition) is 2. The Morgan fingerprint density at radius 2 is 2.20 bits per heavy atom. The summed E-state index contributed by atoms with van der Waals surface area (Å²) in [5, 5.41) is 6.23. The van der Waals surface area contributed by atoms with Gasteiger partial charge in [0.05, 0.1) is 5.92 Å². The summed E-state index contributed by atoms with van der Waals surface area (Å²) < 4.78 is 0. The van der Waals surface area contributed by atoms with E-state index in [1.54, 1.807) is 0 Å². The normalized spacial score (nSPS) is 39.0. The molecule has 0 saturated carbocycles. The fourth-order valence-electron chi connectivity index (χ4n) is 1.70. The topological polar surface area (TPSA) is 41.1 Å². The van der Waals surface area contributed by atoms with Gasteiger partial charge in [-0.05, 0) is 12.8 Å². The van der Waals surface area contributed by atoms with Crippen LogP contribution in [0.2, 0.25) is 0 Å². The van der Waals surface area contributed by atoms with Crippen molar-refractivity contribution in [3.05, 3.63) is 0 Å². The van der Waals surface area contributed by atoms with Gasteiger partial charge < -0.3 is 10.6 Å². The third kappa shape index (κ3) is 0.904. The van der Waals surface area contributed by atoms with Crippen LogP contribution in [0.3, 0.4) is 0 Å². The molecule has 0 aromatic rings. The first-order chi connectivity index (χ1) is 4.86. The lowest BCUT2D eigenvalue weighted by Gasteiger charge is -2.22. The predicted molar refractivity (Wildman–Crippen MR) is 37.5 cm³/mol. The van der Waals surface area contributed by atoms with E-state index in [1.807, 2.05) is 0 Å². The average molecular weight is 140 g/mol. The number of carbonyl (C=O) groups is 1. The van der Waals surface area contributed by atoms with Crippen molar-refractivity contribution in [1.82, 2.24) is 10.6 Å². The van der Waals surface area contributed by atoms with E-state index in [9.17, 15) is 4.79 Å². The molecule has 3 saturated heterocycles. The standard InChI is InChI=1S/C7H12N2O/c10-7-5-1-2-6(9-7)4-8-3-5/h5-6,8H,1-4H2,(H,9,10). The molecule has 3 nitrogen and oxygen atoms in total. The molecule has 2 N–H and O–H groups in total. The second kappa shape index (κ2) is 2.23. The molecule has 0 spiro atoms. The summed E-state index contributed by atoms with van der Waals surface area (Å²) in [7, 11) is 0. The zero-order valence-electron chi connectivity index (χ0n) is 5.89. The van der Waals surface area contributed by atoms with Gasteiger partial charge in [0.1, 0.15) is 0 Å². The predicted octanol–water partition coefficient (Wildman–Crippen LogP) is -0.516. The highest BCUT2D eigenvalue weighted by Crippen LogP contribution is 2.17. The van der Waals surface area contributed by atoms with E-state index in [2.05, 4.69) is 10.6 Å². The molecule has 3 heteroatoms. The Kier molecular flexibility index (Phi) is 1.38. The molecule has 0 aliphatic carbocycles. The first-order valence-corrected chi connectivity index (χ1v) is 3.87. The maximum Gasteiger partial charge on any atom is 0.224 e. The first-order valence-electron chi connectivity index (χ1n) is 3.87. The van der Waals surface area contributed by atoms with Gasteiger partial charge in [-0.1, -0.05) is 0 Å². The van der Waals surface area contributed by atoms with Crippen LogP contribution in [0.4, 0.5) is 0 Å². The van der Waals surface area contributed by atoms with Gasteiger partial charge in [-0.15, -0.1) is 0 Å². The van der Waals surface area contributed by atoms with Gasteiger partial charge in [-0.3, -0.25) is 4.79 Å². The van der Waals surface area contributed by atoms with Gasteiger partial charge in [-0.2, -0.15) is 0 Å². The van der Waals surface area contributed by atoms with Gasteiger partial charge in [0.25, 0.3) is 0 Å². The van der Waals surface area contributed by atoms with Gasteiger partial charge in [-0.25, -0.2) is 0 Å². The molecule has 2 bridgehead atoms. The molecule has 3 aliphatic rings. The Morgan fingerprint density at radius 3 is 3.00 bits per heavy atom. The van der Waals surface area contributed by atoms with E-state index >= 15 is 0 Å². The Morgan fingerprint density at radius 1 is 1.30 bits per heavy atom.